The van der Waals surface area contributed by atoms with Crippen molar-refractivity contribution in [3.8, 4) is 11.1 Å². The number of rotatable bonds is 10. The molecule has 33 heavy (non-hydrogen) atoms. The van der Waals surface area contributed by atoms with E-state index in [1.54, 1.807) is 74.2 Å². The predicted molar refractivity (Wildman–Crippen MR) is 127 cm³/mol. The lowest BCUT2D eigenvalue weighted by Gasteiger charge is -2.17. The zero-order valence-electron chi connectivity index (χ0n) is 18.8. The Balaban J connectivity index is 1.66. The molecule has 0 atom stereocenters. The van der Waals surface area contributed by atoms with Gasteiger partial charge in [-0.2, -0.15) is 5.10 Å². The minimum absolute atomic E-state index is 0.162. The molecule has 0 fully saturated rings. The van der Waals surface area contributed by atoms with Crippen LogP contribution in [0.15, 0.2) is 60.8 Å². The van der Waals surface area contributed by atoms with E-state index in [4.69, 9.17) is 9.05 Å². The Hall–Kier alpha value is -3.06. The molecular formula is C24H27FN3O4P. The van der Waals surface area contributed by atoms with Gasteiger partial charge in [0.2, 0.25) is 5.91 Å². The molecule has 0 saturated heterocycles. The van der Waals surface area contributed by atoms with E-state index in [0.29, 0.717) is 18.9 Å². The van der Waals surface area contributed by atoms with Crippen LogP contribution < -0.4 is 5.32 Å². The molecule has 0 aliphatic heterocycles. The number of benzene rings is 2. The summed E-state index contributed by atoms with van der Waals surface area (Å²) < 4.78 is 38.2. The van der Waals surface area contributed by atoms with Crippen LogP contribution in [-0.2, 0) is 31.6 Å². The third-order valence-corrected chi connectivity index (χ3v) is 6.84. The Labute approximate surface area is 192 Å². The van der Waals surface area contributed by atoms with Crippen LogP contribution in [0.4, 0.5) is 10.1 Å². The molecule has 1 heterocycles. The summed E-state index contributed by atoms with van der Waals surface area (Å²) in [7, 11) is -1.42. The number of amides is 1. The van der Waals surface area contributed by atoms with Gasteiger partial charge in [0, 0.05) is 24.4 Å². The van der Waals surface area contributed by atoms with Gasteiger partial charge < -0.3 is 14.4 Å². The second kappa shape index (κ2) is 11.2. The highest BCUT2D eigenvalue weighted by Gasteiger charge is 2.23. The van der Waals surface area contributed by atoms with Crippen LogP contribution in [0, 0.1) is 5.82 Å². The summed E-state index contributed by atoms with van der Waals surface area (Å²) >= 11 is 0. The van der Waals surface area contributed by atoms with Gasteiger partial charge >= 0.3 is 7.60 Å². The first-order chi connectivity index (χ1) is 15.8. The fourth-order valence-corrected chi connectivity index (χ4v) is 4.98. The average Bonchev–Trinajstić information content (AvgIpc) is 3.15. The summed E-state index contributed by atoms with van der Waals surface area (Å²) in [4.78, 5) is 12.4. The zero-order valence-corrected chi connectivity index (χ0v) is 19.7. The first-order valence-electron chi connectivity index (χ1n) is 10.6. The van der Waals surface area contributed by atoms with Crippen LogP contribution >= 0.6 is 7.60 Å². The topological polar surface area (TPSA) is 82.5 Å². The molecule has 174 valence electrons. The van der Waals surface area contributed by atoms with E-state index in [-0.39, 0.29) is 17.9 Å². The van der Waals surface area contributed by atoms with E-state index < -0.39 is 7.60 Å². The summed E-state index contributed by atoms with van der Waals surface area (Å²) in [6, 6.07) is 13.1. The van der Waals surface area contributed by atoms with Crippen LogP contribution in [0.1, 0.15) is 25.1 Å². The van der Waals surface area contributed by atoms with Crippen LogP contribution in [0.3, 0.4) is 0 Å². The number of halogens is 1. The van der Waals surface area contributed by atoms with Crippen LogP contribution in [0.2, 0.25) is 0 Å². The van der Waals surface area contributed by atoms with Crippen molar-refractivity contribution in [2.45, 2.75) is 20.0 Å². The molecule has 0 aliphatic rings. The Morgan fingerprint density at radius 1 is 1.09 bits per heavy atom. The van der Waals surface area contributed by atoms with Crippen molar-refractivity contribution in [2.75, 3.05) is 18.5 Å². The number of anilines is 1. The third kappa shape index (κ3) is 6.71. The molecule has 2 aromatic carbocycles. The van der Waals surface area contributed by atoms with Crippen molar-refractivity contribution in [1.29, 1.82) is 0 Å². The van der Waals surface area contributed by atoms with Gasteiger partial charge in [-0.25, -0.2) is 4.39 Å². The number of nitrogens with one attached hydrogen (secondary N) is 1. The number of aromatic nitrogens is 2. The Kier molecular flexibility index (Phi) is 8.33. The highest BCUT2D eigenvalue weighted by Crippen LogP contribution is 2.51. The SMILES string of the molecule is CCOP(=O)(Cc1ccc(NC(=O)/C=C/c2c(-c3ccc(F)cc3)cnn2C)cc1)OCC. The highest BCUT2D eigenvalue weighted by molar-refractivity contribution is 7.53. The van der Waals surface area contributed by atoms with Crippen molar-refractivity contribution in [1.82, 2.24) is 9.78 Å². The maximum atomic E-state index is 13.2. The van der Waals surface area contributed by atoms with Crippen LogP contribution in [0.5, 0.6) is 0 Å². The average molecular weight is 471 g/mol. The van der Waals surface area contributed by atoms with Gasteiger partial charge in [0.05, 0.1) is 31.3 Å². The fraction of sp³-hybridized carbons (Fsp3) is 0.250. The van der Waals surface area contributed by atoms with Gasteiger partial charge in [-0.3, -0.25) is 14.0 Å². The molecule has 0 spiro atoms. The van der Waals surface area contributed by atoms with E-state index >= 15 is 0 Å². The fourth-order valence-electron chi connectivity index (χ4n) is 3.27. The Morgan fingerprint density at radius 3 is 2.33 bits per heavy atom. The van der Waals surface area contributed by atoms with Gasteiger partial charge in [0.15, 0.2) is 0 Å². The Bertz CT molecular complexity index is 1150. The Morgan fingerprint density at radius 2 is 1.73 bits per heavy atom. The molecule has 3 rings (SSSR count). The molecule has 1 N–H and O–H groups in total. The largest absolute Gasteiger partial charge is 0.335 e. The predicted octanol–water partition coefficient (Wildman–Crippen LogP) is 5.64. The van der Waals surface area contributed by atoms with E-state index in [9.17, 15) is 13.8 Å². The van der Waals surface area contributed by atoms with Gasteiger partial charge in [-0.15, -0.1) is 0 Å². The maximum absolute atomic E-state index is 13.2. The first-order valence-corrected chi connectivity index (χ1v) is 12.3. The molecule has 0 unspecified atom stereocenters. The molecule has 0 radical (unpaired) electrons. The monoisotopic (exact) mass is 471 g/mol. The quantitative estimate of drug-likeness (QED) is 0.306. The number of hydrogen-bond acceptors (Lipinski definition) is 5. The second-order valence-corrected chi connectivity index (χ2v) is 9.25. The molecule has 9 heteroatoms. The number of aryl methyl sites for hydroxylation is 1. The molecular weight excluding hydrogens is 444 g/mol. The van der Waals surface area contributed by atoms with Gasteiger partial charge in [-0.05, 0) is 55.3 Å². The van der Waals surface area contributed by atoms with Gasteiger partial charge in [-0.1, -0.05) is 24.3 Å². The van der Waals surface area contributed by atoms with Crippen molar-refractivity contribution in [3.63, 3.8) is 0 Å². The highest BCUT2D eigenvalue weighted by atomic mass is 31.2. The number of hydrogen-bond donors (Lipinski definition) is 1. The van der Waals surface area contributed by atoms with Gasteiger partial charge in [0.1, 0.15) is 5.82 Å². The second-order valence-electron chi connectivity index (χ2n) is 7.20. The molecule has 0 bridgehead atoms. The summed E-state index contributed by atoms with van der Waals surface area (Å²) in [5, 5.41) is 7.03. The third-order valence-electron chi connectivity index (χ3n) is 4.78. The summed E-state index contributed by atoms with van der Waals surface area (Å²) in [5.74, 6) is -0.632. The molecule has 0 aliphatic carbocycles. The molecule has 1 amide bonds. The van der Waals surface area contributed by atoms with Crippen LogP contribution in [0.25, 0.3) is 17.2 Å². The number of carbonyl (C=O) groups is 1. The summed E-state index contributed by atoms with van der Waals surface area (Å²) in [6.45, 7) is 4.15. The first kappa shape index (κ1) is 24.6. The summed E-state index contributed by atoms with van der Waals surface area (Å²) in [6.07, 6.45) is 4.91. The lowest BCUT2D eigenvalue weighted by Crippen LogP contribution is -2.08. The number of nitrogens with zero attached hydrogens (tertiary/aromatic N) is 2. The minimum atomic E-state index is -3.19. The number of carbonyl (C=O) groups excluding carboxylic acids is 1. The van der Waals surface area contributed by atoms with E-state index in [1.807, 2.05) is 0 Å². The molecule has 1 aromatic heterocycles. The normalized spacial score (nSPS) is 11.8. The van der Waals surface area contributed by atoms with E-state index in [0.717, 1.165) is 22.4 Å². The van der Waals surface area contributed by atoms with E-state index in [1.165, 1.54) is 18.2 Å². The smallest absolute Gasteiger partial charge is 0.323 e. The van der Waals surface area contributed by atoms with Gasteiger partial charge in [0.25, 0.3) is 0 Å². The molecule has 7 nitrogen and oxygen atoms in total. The lowest BCUT2D eigenvalue weighted by molar-refractivity contribution is -0.111. The standard InChI is InChI=1S/C24H27FN3O4P/c1-4-31-33(30,32-5-2)17-18-6-12-21(13-7-18)27-24(29)15-14-23-22(16-26-28(23)3)19-8-10-20(25)11-9-19/h6-16H,4-5,17H2,1-3H3,(H,27,29)/b15-14+. The van der Waals surface area contributed by atoms with Crippen LogP contribution in [-0.4, -0.2) is 28.9 Å². The van der Waals surface area contributed by atoms with Crippen molar-refractivity contribution >= 4 is 25.3 Å². The van der Waals surface area contributed by atoms with Crippen molar-refractivity contribution in [3.05, 3.63) is 77.9 Å². The summed E-state index contributed by atoms with van der Waals surface area (Å²) in [5.41, 5.74) is 3.69. The van der Waals surface area contributed by atoms with Crippen molar-refractivity contribution < 1.29 is 22.8 Å². The molecule has 0 saturated carbocycles. The van der Waals surface area contributed by atoms with Crippen molar-refractivity contribution in [2.24, 2.45) is 7.05 Å². The molecule has 3 aromatic rings. The zero-order chi connectivity index (χ0) is 23.8. The minimum Gasteiger partial charge on any atom is -0.323 e. The maximum Gasteiger partial charge on any atom is 0.335 e. The lowest BCUT2D eigenvalue weighted by atomic mass is 10.1. The van der Waals surface area contributed by atoms with E-state index in [2.05, 4.69) is 10.4 Å².